The summed E-state index contributed by atoms with van der Waals surface area (Å²) in [4.78, 5) is 6.66. The summed E-state index contributed by atoms with van der Waals surface area (Å²) < 4.78 is 10.9. The molecule has 1 fully saturated rings. The smallest absolute Gasteiger partial charge is 0.218 e. The molecule has 21 heavy (non-hydrogen) atoms. The minimum atomic E-state index is -0.156. The molecule has 1 aromatic rings. The number of likely N-dealkylation sites (tertiary alicyclic amines) is 1. The van der Waals surface area contributed by atoms with Gasteiger partial charge in [0, 0.05) is 37.5 Å². The number of methoxy groups -OCH3 is 1. The maximum absolute atomic E-state index is 6.32. The molecule has 116 valence electrons. The van der Waals surface area contributed by atoms with Gasteiger partial charge in [0.1, 0.15) is 0 Å². The van der Waals surface area contributed by atoms with E-state index in [-0.39, 0.29) is 12.1 Å². The molecule has 2 atom stereocenters. The van der Waals surface area contributed by atoms with Crippen molar-refractivity contribution in [1.29, 1.82) is 0 Å². The van der Waals surface area contributed by atoms with Gasteiger partial charge in [0.15, 0.2) is 0 Å². The van der Waals surface area contributed by atoms with Crippen LogP contribution in [0.5, 0.6) is 5.88 Å². The van der Waals surface area contributed by atoms with Crippen LogP contribution in [0.25, 0.3) is 0 Å². The van der Waals surface area contributed by atoms with Crippen molar-refractivity contribution >= 4 is 0 Å². The third-order valence-electron chi connectivity index (χ3n) is 3.68. The topological polar surface area (TPSA) is 60.6 Å². The maximum atomic E-state index is 6.32. The van der Waals surface area contributed by atoms with E-state index in [1.807, 2.05) is 12.1 Å². The van der Waals surface area contributed by atoms with E-state index < -0.39 is 0 Å². The number of nitrogens with zero attached hydrogens (tertiary/aromatic N) is 2. The van der Waals surface area contributed by atoms with E-state index in [1.165, 1.54) is 12.8 Å². The van der Waals surface area contributed by atoms with Crippen LogP contribution in [0.2, 0.25) is 0 Å². The summed E-state index contributed by atoms with van der Waals surface area (Å²) >= 11 is 0. The first-order chi connectivity index (χ1) is 10.1. The van der Waals surface area contributed by atoms with Crippen molar-refractivity contribution in [2.45, 2.75) is 31.9 Å². The number of hydrogen-bond donors (Lipinski definition) is 1. The molecule has 2 heterocycles. The number of nitrogens with two attached hydrogens (primary N) is 1. The van der Waals surface area contributed by atoms with Gasteiger partial charge in [-0.2, -0.15) is 0 Å². The lowest BCUT2D eigenvalue weighted by molar-refractivity contribution is 0.0685. The standard InChI is InChI=1S/C16H25N3O2/c1-12(2)21-15-7-6-13(10-18-15)16(20-3)14(17)11-19-8-4-5-9-19/h6-7,10,14,16H,1,4-5,8-9,11,17H2,2-3H3/t14-,16?/m1/s1. The molecule has 1 aromatic heterocycles. The predicted molar refractivity (Wildman–Crippen MR) is 83.1 cm³/mol. The largest absolute Gasteiger partial charge is 0.444 e. The third-order valence-corrected chi connectivity index (χ3v) is 3.68. The molecule has 0 aromatic carbocycles. The van der Waals surface area contributed by atoms with Crippen molar-refractivity contribution in [2.75, 3.05) is 26.7 Å². The maximum Gasteiger partial charge on any atom is 0.218 e. The van der Waals surface area contributed by atoms with E-state index in [4.69, 9.17) is 15.2 Å². The summed E-state index contributed by atoms with van der Waals surface area (Å²) in [6, 6.07) is 3.70. The second-order valence-corrected chi connectivity index (χ2v) is 5.56. The van der Waals surface area contributed by atoms with Gasteiger partial charge in [0.25, 0.3) is 0 Å². The summed E-state index contributed by atoms with van der Waals surface area (Å²) in [6.45, 7) is 8.60. The average molecular weight is 291 g/mol. The molecule has 0 radical (unpaired) electrons. The molecular weight excluding hydrogens is 266 g/mol. The quantitative estimate of drug-likeness (QED) is 0.780. The Morgan fingerprint density at radius 1 is 1.43 bits per heavy atom. The van der Waals surface area contributed by atoms with Crippen LogP contribution in [0.1, 0.15) is 31.4 Å². The molecular formula is C16H25N3O2. The molecule has 5 nitrogen and oxygen atoms in total. The van der Waals surface area contributed by atoms with E-state index in [1.54, 1.807) is 20.2 Å². The lowest BCUT2D eigenvalue weighted by Gasteiger charge is -2.27. The average Bonchev–Trinajstić information content (AvgIpc) is 2.93. The summed E-state index contributed by atoms with van der Waals surface area (Å²) in [5.41, 5.74) is 7.29. The Labute approximate surface area is 126 Å². The van der Waals surface area contributed by atoms with Crippen molar-refractivity contribution in [3.05, 3.63) is 36.2 Å². The minimum Gasteiger partial charge on any atom is -0.444 e. The normalized spacial score (nSPS) is 18.4. The molecule has 0 amide bonds. The molecule has 1 saturated heterocycles. The Balaban J connectivity index is 2.00. The highest BCUT2D eigenvalue weighted by atomic mass is 16.5. The van der Waals surface area contributed by atoms with Crippen molar-refractivity contribution in [3.8, 4) is 5.88 Å². The highest BCUT2D eigenvalue weighted by molar-refractivity contribution is 5.22. The van der Waals surface area contributed by atoms with Gasteiger partial charge in [-0.05, 0) is 38.9 Å². The van der Waals surface area contributed by atoms with E-state index in [9.17, 15) is 0 Å². The third kappa shape index (κ3) is 4.52. The number of aromatic nitrogens is 1. The van der Waals surface area contributed by atoms with Crippen LogP contribution in [0.3, 0.4) is 0 Å². The van der Waals surface area contributed by atoms with Gasteiger partial charge in [-0.15, -0.1) is 0 Å². The zero-order valence-corrected chi connectivity index (χ0v) is 12.9. The molecule has 1 aliphatic heterocycles. The van der Waals surface area contributed by atoms with Crippen molar-refractivity contribution < 1.29 is 9.47 Å². The Bertz CT molecular complexity index is 455. The van der Waals surface area contributed by atoms with E-state index in [0.717, 1.165) is 25.2 Å². The van der Waals surface area contributed by atoms with Crippen LogP contribution in [0.15, 0.2) is 30.7 Å². The predicted octanol–water partition coefficient (Wildman–Crippen LogP) is 2.10. The van der Waals surface area contributed by atoms with Crippen molar-refractivity contribution in [1.82, 2.24) is 9.88 Å². The fourth-order valence-corrected chi connectivity index (χ4v) is 2.72. The van der Waals surface area contributed by atoms with Gasteiger partial charge in [-0.1, -0.05) is 6.58 Å². The fraction of sp³-hybridized carbons (Fsp3) is 0.562. The van der Waals surface area contributed by atoms with E-state index in [0.29, 0.717) is 11.6 Å². The van der Waals surface area contributed by atoms with Crippen LogP contribution in [-0.4, -0.2) is 42.7 Å². The molecule has 5 heteroatoms. The van der Waals surface area contributed by atoms with Gasteiger partial charge < -0.3 is 20.1 Å². The first-order valence-corrected chi connectivity index (χ1v) is 7.40. The van der Waals surface area contributed by atoms with Crippen molar-refractivity contribution in [2.24, 2.45) is 5.73 Å². The number of pyridine rings is 1. The molecule has 0 bridgehead atoms. The summed E-state index contributed by atoms with van der Waals surface area (Å²) in [5, 5.41) is 0. The molecule has 0 saturated carbocycles. The van der Waals surface area contributed by atoms with Crippen LogP contribution < -0.4 is 10.5 Å². The zero-order chi connectivity index (χ0) is 15.2. The molecule has 0 aliphatic carbocycles. The number of allylic oxidation sites excluding steroid dienone is 1. The number of hydrogen-bond acceptors (Lipinski definition) is 5. The summed E-state index contributed by atoms with van der Waals surface area (Å²) in [6.07, 6.45) is 4.13. The van der Waals surface area contributed by atoms with Crippen LogP contribution in [0, 0.1) is 0 Å². The fourth-order valence-electron chi connectivity index (χ4n) is 2.72. The van der Waals surface area contributed by atoms with Gasteiger partial charge in [0.05, 0.1) is 11.9 Å². The summed E-state index contributed by atoms with van der Waals surface area (Å²) in [5.74, 6) is 1.15. The Kier molecular flexibility index (Phi) is 5.73. The molecule has 2 N–H and O–H groups in total. The number of rotatable bonds is 7. The first kappa shape index (κ1) is 15.9. The monoisotopic (exact) mass is 291 g/mol. The Hall–Kier alpha value is -1.43. The number of ether oxygens (including phenoxy) is 2. The second kappa shape index (κ2) is 7.54. The zero-order valence-electron chi connectivity index (χ0n) is 12.9. The molecule has 2 rings (SSSR count). The SMILES string of the molecule is C=C(C)Oc1ccc(C(OC)[C@H](N)CN2CCCC2)cn1. The Morgan fingerprint density at radius 3 is 2.67 bits per heavy atom. The highest BCUT2D eigenvalue weighted by Gasteiger charge is 2.23. The Morgan fingerprint density at radius 2 is 2.14 bits per heavy atom. The van der Waals surface area contributed by atoms with Crippen LogP contribution in [-0.2, 0) is 4.74 Å². The van der Waals surface area contributed by atoms with E-state index in [2.05, 4.69) is 16.5 Å². The van der Waals surface area contributed by atoms with Gasteiger partial charge >= 0.3 is 0 Å². The molecule has 1 unspecified atom stereocenters. The van der Waals surface area contributed by atoms with Crippen LogP contribution in [0.4, 0.5) is 0 Å². The second-order valence-electron chi connectivity index (χ2n) is 5.56. The summed E-state index contributed by atoms with van der Waals surface area (Å²) in [7, 11) is 1.69. The van der Waals surface area contributed by atoms with Gasteiger partial charge in [-0.3, -0.25) is 0 Å². The first-order valence-electron chi connectivity index (χ1n) is 7.40. The van der Waals surface area contributed by atoms with Crippen molar-refractivity contribution in [3.63, 3.8) is 0 Å². The van der Waals surface area contributed by atoms with Crippen LogP contribution >= 0.6 is 0 Å². The van der Waals surface area contributed by atoms with Gasteiger partial charge in [0.2, 0.25) is 5.88 Å². The van der Waals surface area contributed by atoms with E-state index >= 15 is 0 Å². The minimum absolute atomic E-state index is 0.0668. The lowest BCUT2D eigenvalue weighted by atomic mass is 10.0. The lowest BCUT2D eigenvalue weighted by Crippen LogP contribution is -2.40. The van der Waals surface area contributed by atoms with Gasteiger partial charge in [-0.25, -0.2) is 4.98 Å². The molecule has 1 aliphatic rings. The molecule has 0 spiro atoms. The highest BCUT2D eigenvalue weighted by Crippen LogP contribution is 2.22.